The molecule has 2 aromatic rings. The summed E-state index contributed by atoms with van der Waals surface area (Å²) in [5.41, 5.74) is 0.594. The monoisotopic (exact) mass is 417 g/mol. The van der Waals surface area contributed by atoms with E-state index in [-0.39, 0.29) is 16.2 Å². The fraction of sp³-hybridized carbons (Fsp3) is 0.333. The van der Waals surface area contributed by atoms with Gasteiger partial charge in [0.25, 0.3) is 10.0 Å². The predicted octanol–water partition coefficient (Wildman–Crippen LogP) is 3.19. The van der Waals surface area contributed by atoms with Crippen molar-refractivity contribution in [3.8, 4) is 5.75 Å². The number of carbonyl (C=O) groups excluding carboxylic acids is 2. The lowest BCUT2D eigenvalue weighted by Gasteiger charge is -2.22. The molecule has 0 bridgehead atoms. The van der Waals surface area contributed by atoms with Crippen molar-refractivity contribution in [2.45, 2.75) is 36.7 Å². The van der Waals surface area contributed by atoms with E-state index in [2.05, 4.69) is 0 Å². The SMILES string of the molecule is COc1ccccc1N(C)S(=O)(=O)c1ccc(C(=O)O[C@H]2CCCCC2=O)cc1. The van der Waals surface area contributed by atoms with E-state index in [1.807, 2.05) is 0 Å². The van der Waals surface area contributed by atoms with E-state index >= 15 is 0 Å². The van der Waals surface area contributed by atoms with Crippen LogP contribution in [0.25, 0.3) is 0 Å². The van der Waals surface area contributed by atoms with Crippen LogP contribution in [0.2, 0.25) is 0 Å². The zero-order valence-electron chi connectivity index (χ0n) is 16.3. The molecule has 0 saturated heterocycles. The average Bonchev–Trinajstić information content (AvgIpc) is 2.74. The van der Waals surface area contributed by atoms with Crippen LogP contribution in [-0.4, -0.2) is 40.4 Å². The summed E-state index contributed by atoms with van der Waals surface area (Å²) >= 11 is 0. The van der Waals surface area contributed by atoms with E-state index in [1.165, 1.54) is 38.4 Å². The third-order valence-electron chi connectivity index (χ3n) is 4.92. The molecule has 0 spiro atoms. The Bertz CT molecular complexity index is 1000. The molecule has 0 aromatic heterocycles. The number of hydrogen-bond acceptors (Lipinski definition) is 6. The quantitative estimate of drug-likeness (QED) is 0.671. The summed E-state index contributed by atoms with van der Waals surface area (Å²) in [6.45, 7) is 0. The number of rotatable bonds is 6. The molecule has 1 saturated carbocycles. The van der Waals surface area contributed by atoms with Crippen LogP contribution in [0.15, 0.2) is 53.4 Å². The second-order valence-electron chi connectivity index (χ2n) is 6.77. The Morgan fingerprint density at radius 3 is 2.41 bits per heavy atom. The highest BCUT2D eigenvalue weighted by Gasteiger charge is 2.27. The number of hydrogen-bond donors (Lipinski definition) is 0. The van der Waals surface area contributed by atoms with Crippen molar-refractivity contribution >= 4 is 27.5 Å². The van der Waals surface area contributed by atoms with Gasteiger partial charge in [0.1, 0.15) is 5.75 Å². The molecule has 154 valence electrons. The fourth-order valence-electron chi connectivity index (χ4n) is 3.21. The normalized spacial score (nSPS) is 16.9. The Balaban J connectivity index is 1.78. The van der Waals surface area contributed by atoms with Crippen molar-refractivity contribution in [3.05, 3.63) is 54.1 Å². The molecule has 8 heteroatoms. The van der Waals surface area contributed by atoms with Crippen LogP contribution in [0.3, 0.4) is 0 Å². The van der Waals surface area contributed by atoms with Crippen molar-refractivity contribution < 1.29 is 27.5 Å². The summed E-state index contributed by atoms with van der Waals surface area (Å²) in [6, 6.07) is 12.3. The van der Waals surface area contributed by atoms with E-state index in [9.17, 15) is 18.0 Å². The summed E-state index contributed by atoms with van der Waals surface area (Å²) in [5, 5.41) is 0. The highest BCUT2D eigenvalue weighted by atomic mass is 32.2. The van der Waals surface area contributed by atoms with Crippen LogP contribution in [0, 0.1) is 0 Å². The lowest BCUT2D eigenvalue weighted by Crippen LogP contribution is -2.30. The third-order valence-corrected chi connectivity index (χ3v) is 6.71. The highest BCUT2D eigenvalue weighted by molar-refractivity contribution is 7.92. The first-order valence-corrected chi connectivity index (χ1v) is 10.7. The maximum Gasteiger partial charge on any atom is 0.338 e. The maximum absolute atomic E-state index is 13.0. The Labute approximate surface area is 170 Å². The number of Topliss-reactive ketones (excluding diaryl/α,β-unsaturated/α-hetero) is 1. The van der Waals surface area contributed by atoms with Crippen molar-refractivity contribution in [1.82, 2.24) is 0 Å². The molecule has 0 aliphatic heterocycles. The minimum absolute atomic E-state index is 0.0243. The molecule has 0 N–H and O–H groups in total. The molecule has 0 radical (unpaired) electrons. The second-order valence-corrected chi connectivity index (χ2v) is 8.74. The summed E-state index contributed by atoms with van der Waals surface area (Å²) in [7, 11) is -0.952. The van der Waals surface area contributed by atoms with Crippen LogP contribution < -0.4 is 9.04 Å². The smallest absolute Gasteiger partial charge is 0.338 e. The number of methoxy groups -OCH3 is 1. The highest BCUT2D eigenvalue weighted by Crippen LogP contribution is 2.31. The Kier molecular flexibility index (Phi) is 6.22. The number of anilines is 1. The molecule has 1 aliphatic rings. The number of carbonyl (C=O) groups is 2. The van der Waals surface area contributed by atoms with Crippen LogP contribution in [0.1, 0.15) is 36.0 Å². The zero-order valence-corrected chi connectivity index (χ0v) is 17.1. The Hall–Kier alpha value is -2.87. The van der Waals surface area contributed by atoms with E-state index in [0.717, 1.165) is 17.1 Å². The molecule has 0 amide bonds. The largest absolute Gasteiger partial charge is 0.495 e. The minimum atomic E-state index is -3.86. The van der Waals surface area contributed by atoms with Crippen LogP contribution in [0.4, 0.5) is 5.69 Å². The van der Waals surface area contributed by atoms with Gasteiger partial charge in [-0.2, -0.15) is 0 Å². The van der Waals surface area contributed by atoms with Gasteiger partial charge in [-0.25, -0.2) is 13.2 Å². The van der Waals surface area contributed by atoms with Gasteiger partial charge in [-0.1, -0.05) is 12.1 Å². The number of esters is 1. The molecule has 1 atom stereocenters. The van der Waals surface area contributed by atoms with Crippen molar-refractivity contribution in [3.63, 3.8) is 0 Å². The molecular weight excluding hydrogens is 394 g/mol. The first-order valence-electron chi connectivity index (χ1n) is 9.30. The number of nitrogens with zero attached hydrogens (tertiary/aromatic N) is 1. The van der Waals surface area contributed by atoms with Gasteiger partial charge in [-0.3, -0.25) is 9.10 Å². The van der Waals surface area contributed by atoms with Gasteiger partial charge in [0.2, 0.25) is 0 Å². The second kappa shape index (κ2) is 8.65. The number of ether oxygens (including phenoxy) is 2. The van der Waals surface area contributed by atoms with E-state index in [0.29, 0.717) is 24.3 Å². The molecule has 7 nitrogen and oxygen atoms in total. The van der Waals surface area contributed by atoms with Crippen LogP contribution >= 0.6 is 0 Å². The number of sulfonamides is 1. The molecule has 1 fully saturated rings. The van der Waals surface area contributed by atoms with E-state index < -0.39 is 22.1 Å². The summed E-state index contributed by atoms with van der Waals surface area (Å²) < 4.78 is 37.6. The van der Waals surface area contributed by atoms with Gasteiger partial charge in [-0.15, -0.1) is 0 Å². The zero-order chi connectivity index (χ0) is 21.0. The topological polar surface area (TPSA) is 90.0 Å². The van der Waals surface area contributed by atoms with Crippen LogP contribution in [-0.2, 0) is 19.6 Å². The molecule has 0 unspecified atom stereocenters. The van der Waals surface area contributed by atoms with Crippen molar-refractivity contribution in [2.24, 2.45) is 0 Å². The lowest BCUT2D eigenvalue weighted by atomic mass is 9.96. The van der Waals surface area contributed by atoms with Gasteiger partial charge in [0, 0.05) is 13.5 Å². The maximum atomic E-state index is 13.0. The number of para-hydroxylation sites is 2. The number of benzene rings is 2. The molecule has 0 heterocycles. The molecule has 29 heavy (non-hydrogen) atoms. The van der Waals surface area contributed by atoms with Gasteiger partial charge in [-0.05, 0) is 55.7 Å². The Morgan fingerprint density at radius 1 is 1.07 bits per heavy atom. The van der Waals surface area contributed by atoms with Gasteiger partial charge in [0.05, 0.1) is 23.3 Å². The first kappa shape index (κ1) is 20.9. The summed E-state index contributed by atoms with van der Waals surface area (Å²) in [5.74, 6) is -0.273. The number of ketones is 1. The third kappa shape index (κ3) is 4.42. The standard InChI is InChI=1S/C21H23NO6S/c1-22(17-7-3-5-9-19(17)27-2)29(25,26)16-13-11-15(12-14-16)21(24)28-20-10-6-4-8-18(20)23/h3,5,7,9,11-14,20H,4,6,8,10H2,1-2H3/t20-/m0/s1. The molecule has 3 rings (SSSR count). The van der Waals surface area contributed by atoms with Crippen molar-refractivity contribution in [2.75, 3.05) is 18.5 Å². The van der Waals surface area contributed by atoms with E-state index in [4.69, 9.17) is 9.47 Å². The fourth-order valence-corrected chi connectivity index (χ4v) is 4.42. The molecular formula is C21H23NO6S. The average molecular weight is 417 g/mol. The summed E-state index contributed by atoms with van der Waals surface area (Å²) in [4.78, 5) is 24.2. The first-order chi connectivity index (χ1) is 13.8. The lowest BCUT2D eigenvalue weighted by molar-refractivity contribution is -0.129. The van der Waals surface area contributed by atoms with Crippen molar-refractivity contribution in [1.29, 1.82) is 0 Å². The Morgan fingerprint density at radius 2 is 1.76 bits per heavy atom. The molecule has 2 aromatic carbocycles. The van der Waals surface area contributed by atoms with E-state index in [1.54, 1.807) is 24.3 Å². The van der Waals surface area contributed by atoms with Gasteiger partial charge < -0.3 is 9.47 Å². The minimum Gasteiger partial charge on any atom is -0.495 e. The van der Waals surface area contributed by atoms with Gasteiger partial charge in [0.15, 0.2) is 11.9 Å². The summed E-state index contributed by atoms with van der Waals surface area (Å²) in [6.07, 6.45) is 1.90. The van der Waals surface area contributed by atoms with Gasteiger partial charge >= 0.3 is 5.97 Å². The predicted molar refractivity (Wildman–Crippen MR) is 108 cm³/mol. The molecule has 1 aliphatic carbocycles. The van der Waals surface area contributed by atoms with Crippen LogP contribution in [0.5, 0.6) is 5.75 Å².